The number of sulfonamides is 1. The molecule has 0 radical (unpaired) electrons. The van der Waals surface area contributed by atoms with Crippen LogP contribution < -0.4 is 4.90 Å². The van der Waals surface area contributed by atoms with Crippen LogP contribution in [0.25, 0.3) is 0 Å². The van der Waals surface area contributed by atoms with Crippen LogP contribution in [0.3, 0.4) is 0 Å². The van der Waals surface area contributed by atoms with Gasteiger partial charge in [0.15, 0.2) is 0 Å². The van der Waals surface area contributed by atoms with E-state index in [1.807, 2.05) is 0 Å². The summed E-state index contributed by atoms with van der Waals surface area (Å²) in [7, 11) is -3.62. The van der Waals surface area contributed by atoms with Crippen LogP contribution in [0, 0.1) is 5.82 Å². The molecule has 2 aromatic carbocycles. The van der Waals surface area contributed by atoms with Crippen molar-refractivity contribution in [3.63, 3.8) is 0 Å². The van der Waals surface area contributed by atoms with Gasteiger partial charge in [-0.15, -0.1) is 0 Å². The molecule has 0 N–H and O–H groups in total. The van der Waals surface area contributed by atoms with Gasteiger partial charge in [-0.2, -0.15) is 4.31 Å². The molecule has 3 rings (SSSR count). The molecule has 0 aromatic heterocycles. The number of halogens is 1. The molecule has 1 saturated heterocycles. The molecule has 162 valence electrons. The van der Waals surface area contributed by atoms with E-state index in [0.29, 0.717) is 38.3 Å². The maximum absolute atomic E-state index is 13.2. The van der Waals surface area contributed by atoms with Crippen molar-refractivity contribution in [2.45, 2.75) is 25.2 Å². The summed E-state index contributed by atoms with van der Waals surface area (Å²) >= 11 is 0. The van der Waals surface area contributed by atoms with Crippen molar-refractivity contribution >= 4 is 21.6 Å². The second kappa shape index (κ2) is 9.57. The first kappa shape index (κ1) is 22.2. The molecule has 6 nitrogen and oxygen atoms in total. The molecule has 0 saturated carbocycles. The van der Waals surface area contributed by atoms with Crippen molar-refractivity contribution in [3.8, 4) is 0 Å². The summed E-state index contributed by atoms with van der Waals surface area (Å²) in [6.45, 7) is 6.85. The fraction of sp³-hybridized carbons (Fsp3) is 0.409. The molecule has 0 unspecified atom stereocenters. The Morgan fingerprint density at radius 2 is 1.70 bits per heavy atom. The number of rotatable bonds is 6. The van der Waals surface area contributed by atoms with E-state index in [4.69, 9.17) is 0 Å². The highest BCUT2D eigenvalue weighted by Gasteiger charge is 2.25. The van der Waals surface area contributed by atoms with Crippen LogP contribution in [0.1, 0.15) is 30.6 Å². The Hall–Kier alpha value is -2.45. The smallest absolute Gasteiger partial charge is 0.253 e. The molecule has 0 bridgehead atoms. The summed E-state index contributed by atoms with van der Waals surface area (Å²) in [6.07, 6.45) is 0.778. The Morgan fingerprint density at radius 1 is 1.00 bits per heavy atom. The van der Waals surface area contributed by atoms with Gasteiger partial charge in [0.1, 0.15) is 5.82 Å². The standard InChI is InChI=1S/C22H28FN3O3S/c1-3-26(4-2)30(28,29)21-8-5-7-18(17-21)22(27)25-14-6-13-24(15-16-25)20-11-9-19(23)10-12-20/h5,7-12,17H,3-4,6,13-16H2,1-2H3. The normalized spacial score (nSPS) is 15.3. The second-order valence-corrected chi connectivity index (χ2v) is 9.16. The van der Waals surface area contributed by atoms with Gasteiger partial charge >= 0.3 is 0 Å². The number of amides is 1. The molecule has 2 aromatic rings. The molecule has 0 spiro atoms. The maximum atomic E-state index is 13.2. The Kier molecular flexibility index (Phi) is 7.10. The lowest BCUT2D eigenvalue weighted by molar-refractivity contribution is 0.0766. The van der Waals surface area contributed by atoms with Gasteiger partial charge in [0.05, 0.1) is 4.90 Å². The van der Waals surface area contributed by atoms with Gasteiger partial charge in [-0.25, -0.2) is 12.8 Å². The Bertz CT molecular complexity index is 975. The highest BCUT2D eigenvalue weighted by atomic mass is 32.2. The number of nitrogens with zero attached hydrogens (tertiary/aromatic N) is 3. The molecular weight excluding hydrogens is 405 g/mol. The topological polar surface area (TPSA) is 60.9 Å². The van der Waals surface area contributed by atoms with Crippen LogP contribution in [-0.2, 0) is 10.0 Å². The van der Waals surface area contributed by atoms with Crippen molar-refractivity contribution < 1.29 is 17.6 Å². The minimum absolute atomic E-state index is 0.139. The summed E-state index contributed by atoms with van der Waals surface area (Å²) in [5, 5.41) is 0. The summed E-state index contributed by atoms with van der Waals surface area (Å²) < 4.78 is 40.1. The van der Waals surface area contributed by atoms with Crippen LogP contribution in [0.15, 0.2) is 53.4 Å². The van der Waals surface area contributed by atoms with Crippen molar-refractivity contribution in [1.82, 2.24) is 9.21 Å². The van der Waals surface area contributed by atoms with E-state index in [9.17, 15) is 17.6 Å². The molecule has 0 atom stereocenters. The van der Waals surface area contributed by atoms with E-state index in [1.165, 1.54) is 28.6 Å². The molecule has 1 aliphatic rings. The van der Waals surface area contributed by atoms with E-state index in [2.05, 4.69) is 4.90 Å². The first-order chi connectivity index (χ1) is 14.4. The average Bonchev–Trinajstić information content (AvgIpc) is 3.01. The maximum Gasteiger partial charge on any atom is 0.253 e. The number of carbonyl (C=O) groups is 1. The molecule has 1 amide bonds. The summed E-state index contributed by atoms with van der Waals surface area (Å²) in [6, 6.07) is 12.6. The lowest BCUT2D eigenvalue weighted by Gasteiger charge is -2.24. The van der Waals surface area contributed by atoms with E-state index in [-0.39, 0.29) is 16.6 Å². The Morgan fingerprint density at radius 3 is 2.37 bits per heavy atom. The quantitative estimate of drug-likeness (QED) is 0.702. The van der Waals surface area contributed by atoms with E-state index in [1.54, 1.807) is 43.0 Å². The largest absolute Gasteiger partial charge is 0.370 e. The summed E-state index contributed by atoms with van der Waals surface area (Å²) in [5.41, 5.74) is 1.30. The Labute approximate surface area is 177 Å². The molecule has 1 heterocycles. The highest BCUT2D eigenvalue weighted by Crippen LogP contribution is 2.20. The molecule has 8 heteroatoms. The third-order valence-electron chi connectivity index (χ3n) is 5.40. The monoisotopic (exact) mass is 433 g/mol. The predicted molar refractivity (Wildman–Crippen MR) is 116 cm³/mol. The zero-order valence-corrected chi connectivity index (χ0v) is 18.2. The molecular formula is C22H28FN3O3S. The van der Waals surface area contributed by atoms with Gasteiger partial charge in [-0.1, -0.05) is 19.9 Å². The lowest BCUT2D eigenvalue weighted by atomic mass is 10.2. The fourth-order valence-corrected chi connectivity index (χ4v) is 5.22. The lowest BCUT2D eigenvalue weighted by Crippen LogP contribution is -2.35. The molecule has 1 aliphatic heterocycles. The zero-order valence-electron chi connectivity index (χ0n) is 17.4. The van der Waals surface area contributed by atoms with Crippen molar-refractivity contribution in [2.24, 2.45) is 0 Å². The van der Waals surface area contributed by atoms with Crippen LogP contribution in [-0.4, -0.2) is 62.8 Å². The van der Waals surface area contributed by atoms with Gasteiger partial charge < -0.3 is 9.80 Å². The average molecular weight is 434 g/mol. The van der Waals surface area contributed by atoms with E-state index >= 15 is 0 Å². The Balaban J connectivity index is 1.75. The fourth-order valence-electron chi connectivity index (χ4n) is 3.72. The van der Waals surface area contributed by atoms with Gasteiger partial charge in [-0.3, -0.25) is 4.79 Å². The number of benzene rings is 2. The van der Waals surface area contributed by atoms with Crippen LogP contribution in [0.4, 0.5) is 10.1 Å². The van der Waals surface area contributed by atoms with Crippen molar-refractivity contribution in [2.75, 3.05) is 44.2 Å². The summed E-state index contributed by atoms with van der Waals surface area (Å²) in [5.74, 6) is -0.447. The van der Waals surface area contributed by atoms with Gasteiger partial charge in [-0.05, 0) is 48.9 Å². The van der Waals surface area contributed by atoms with Crippen LogP contribution in [0.2, 0.25) is 0 Å². The zero-order chi connectivity index (χ0) is 21.7. The number of hydrogen-bond acceptors (Lipinski definition) is 4. The van der Waals surface area contributed by atoms with Gasteiger partial charge in [0.25, 0.3) is 5.91 Å². The van der Waals surface area contributed by atoms with Gasteiger partial charge in [0, 0.05) is 50.5 Å². The van der Waals surface area contributed by atoms with E-state index < -0.39 is 10.0 Å². The first-order valence-electron chi connectivity index (χ1n) is 10.3. The summed E-state index contributed by atoms with van der Waals surface area (Å²) in [4.78, 5) is 17.1. The SMILES string of the molecule is CCN(CC)S(=O)(=O)c1cccc(C(=O)N2CCCN(c3ccc(F)cc3)CC2)c1. The molecule has 30 heavy (non-hydrogen) atoms. The van der Waals surface area contributed by atoms with Gasteiger partial charge in [0.2, 0.25) is 10.0 Å². The number of carbonyl (C=O) groups excluding carboxylic acids is 1. The molecule has 0 aliphatic carbocycles. The third kappa shape index (κ3) is 4.82. The molecule has 1 fully saturated rings. The van der Waals surface area contributed by atoms with Crippen LogP contribution >= 0.6 is 0 Å². The third-order valence-corrected chi connectivity index (χ3v) is 7.44. The number of hydrogen-bond donors (Lipinski definition) is 0. The van der Waals surface area contributed by atoms with Crippen molar-refractivity contribution in [3.05, 3.63) is 59.9 Å². The minimum Gasteiger partial charge on any atom is -0.370 e. The predicted octanol–water partition coefficient (Wildman–Crippen LogP) is 3.21. The highest BCUT2D eigenvalue weighted by molar-refractivity contribution is 7.89. The second-order valence-electron chi connectivity index (χ2n) is 7.23. The number of anilines is 1. The van der Waals surface area contributed by atoms with E-state index in [0.717, 1.165) is 18.7 Å². The van der Waals surface area contributed by atoms with Crippen LogP contribution in [0.5, 0.6) is 0 Å². The minimum atomic E-state index is -3.62. The first-order valence-corrected chi connectivity index (χ1v) is 11.7. The van der Waals surface area contributed by atoms with Crippen molar-refractivity contribution in [1.29, 1.82) is 0 Å².